The SMILES string of the molecule is CCN1C(=O)C2CC=C3C(c4ccccc4OCCO)C4=C(CC3C2C1=O)C(=O)C(Br)=CC4=O. The van der Waals surface area contributed by atoms with Crippen molar-refractivity contribution in [1.82, 2.24) is 4.90 Å². The van der Waals surface area contributed by atoms with E-state index in [9.17, 15) is 24.3 Å². The topological polar surface area (TPSA) is 101 Å². The number of hydrogen-bond donors (Lipinski definition) is 1. The number of carbonyl (C=O) groups is 4. The van der Waals surface area contributed by atoms with Gasteiger partial charge in [-0.05, 0) is 47.7 Å². The van der Waals surface area contributed by atoms with Crippen LogP contribution in [0.15, 0.2) is 57.6 Å². The van der Waals surface area contributed by atoms with Crippen LogP contribution in [0.4, 0.5) is 0 Å². The standard InChI is InChI=1S/C26H24BrNO6/c1-2-28-25(32)15-8-7-13-16(22(15)26(28)33)11-17-23(19(30)12-18(27)24(17)31)21(13)14-5-3-4-6-20(14)34-10-9-29/h3-7,12,15-16,21-22,29H,2,8-11H2,1H3. The number of imide groups is 1. The lowest BCUT2D eigenvalue weighted by Gasteiger charge is -2.42. The summed E-state index contributed by atoms with van der Waals surface area (Å²) >= 11 is 3.23. The molecule has 0 radical (unpaired) electrons. The minimum absolute atomic E-state index is 0.0829. The van der Waals surface area contributed by atoms with E-state index in [1.165, 1.54) is 11.0 Å². The first-order valence-corrected chi connectivity index (χ1v) is 12.2. The van der Waals surface area contributed by atoms with Gasteiger partial charge in [-0.2, -0.15) is 0 Å². The molecule has 4 aliphatic rings. The molecule has 1 saturated heterocycles. The second-order valence-electron chi connectivity index (χ2n) is 8.92. The Bertz CT molecular complexity index is 1210. The molecule has 0 saturated carbocycles. The summed E-state index contributed by atoms with van der Waals surface area (Å²) < 4.78 is 5.99. The van der Waals surface area contributed by atoms with Crippen molar-refractivity contribution in [2.45, 2.75) is 25.7 Å². The molecule has 1 aromatic carbocycles. The molecule has 3 aliphatic carbocycles. The van der Waals surface area contributed by atoms with Crippen LogP contribution in [-0.4, -0.2) is 53.1 Å². The van der Waals surface area contributed by atoms with Gasteiger partial charge in [0.25, 0.3) is 0 Å². The van der Waals surface area contributed by atoms with Crippen LogP contribution in [0, 0.1) is 17.8 Å². The van der Waals surface area contributed by atoms with Crippen molar-refractivity contribution in [3.05, 3.63) is 63.2 Å². The van der Waals surface area contributed by atoms with Gasteiger partial charge < -0.3 is 9.84 Å². The summed E-state index contributed by atoms with van der Waals surface area (Å²) in [7, 11) is 0. The summed E-state index contributed by atoms with van der Waals surface area (Å²) in [5.41, 5.74) is 2.37. The van der Waals surface area contributed by atoms with Gasteiger partial charge in [0.2, 0.25) is 11.8 Å². The van der Waals surface area contributed by atoms with Gasteiger partial charge in [0.15, 0.2) is 11.6 Å². The molecule has 0 bridgehead atoms. The molecule has 8 heteroatoms. The second-order valence-corrected chi connectivity index (χ2v) is 9.78. The molecule has 1 heterocycles. The van der Waals surface area contributed by atoms with Gasteiger partial charge in [0.1, 0.15) is 12.4 Å². The maximum atomic E-state index is 13.3. The Morgan fingerprint density at radius 1 is 1.12 bits per heavy atom. The first-order chi connectivity index (χ1) is 16.4. The van der Waals surface area contributed by atoms with Crippen molar-refractivity contribution in [2.75, 3.05) is 19.8 Å². The highest BCUT2D eigenvalue weighted by Crippen LogP contribution is 2.56. The summed E-state index contributed by atoms with van der Waals surface area (Å²) in [6.45, 7) is 2.01. The molecule has 0 spiro atoms. The van der Waals surface area contributed by atoms with Crippen LogP contribution in [0.5, 0.6) is 5.75 Å². The third-order valence-electron chi connectivity index (χ3n) is 7.32. The molecule has 7 nitrogen and oxygen atoms in total. The number of Topliss-reactive ketones (excluding diaryl/α,β-unsaturated/α-hetero) is 1. The Labute approximate surface area is 205 Å². The average molecular weight is 526 g/mol. The van der Waals surface area contributed by atoms with E-state index in [1.54, 1.807) is 19.1 Å². The molecule has 5 rings (SSSR count). The molecule has 1 aliphatic heterocycles. The highest BCUT2D eigenvalue weighted by molar-refractivity contribution is 9.12. The minimum atomic E-state index is -0.573. The maximum absolute atomic E-state index is 13.3. The Morgan fingerprint density at radius 2 is 1.88 bits per heavy atom. The van der Waals surface area contributed by atoms with Gasteiger partial charge in [0, 0.05) is 35.2 Å². The zero-order chi connectivity index (χ0) is 24.1. The van der Waals surface area contributed by atoms with Crippen LogP contribution < -0.4 is 4.74 Å². The third-order valence-corrected chi connectivity index (χ3v) is 7.91. The van der Waals surface area contributed by atoms with Crippen molar-refractivity contribution in [3.63, 3.8) is 0 Å². The lowest BCUT2D eigenvalue weighted by Crippen LogP contribution is -2.39. The van der Waals surface area contributed by atoms with Crippen LogP contribution in [-0.2, 0) is 19.2 Å². The molecule has 4 atom stereocenters. The van der Waals surface area contributed by atoms with E-state index < -0.39 is 17.8 Å². The highest BCUT2D eigenvalue weighted by Gasteiger charge is 2.56. The molecular weight excluding hydrogens is 502 g/mol. The van der Waals surface area contributed by atoms with Gasteiger partial charge in [-0.1, -0.05) is 29.8 Å². The number of aliphatic hydroxyl groups is 1. The fourth-order valence-electron chi connectivity index (χ4n) is 5.94. The summed E-state index contributed by atoms with van der Waals surface area (Å²) in [4.78, 5) is 54.0. The first-order valence-electron chi connectivity index (χ1n) is 11.5. The maximum Gasteiger partial charge on any atom is 0.233 e. The van der Waals surface area contributed by atoms with Crippen molar-refractivity contribution in [2.24, 2.45) is 17.8 Å². The Balaban J connectivity index is 1.69. The van der Waals surface area contributed by atoms with Crippen LogP contribution in [0.2, 0.25) is 0 Å². The number of hydrogen-bond acceptors (Lipinski definition) is 6. The Hall–Kier alpha value is -2.84. The number of likely N-dealkylation sites (tertiary alicyclic amines) is 1. The number of amides is 2. The number of fused-ring (bicyclic) bond motifs is 3. The molecule has 1 N–H and O–H groups in total. The first kappa shape index (κ1) is 22.9. The predicted octanol–water partition coefficient (Wildman–Crippen LogP) is 2.84. The van der Waals surface area contributed by atoms with Crippen LogP contribution in [0.1, 0.15) is 31.2 Å². The lowest BCUT2D eigenvalue weighted by molar-refractivity contribution is -0.139. The van der Waals surface area contributed by atoms with Crippen molar-refractivity contribution in [1.29, 1.82) is 0 Å². The van der Waals surface area contributed by atoms with Crippen LogP contribution in [0.25, 0.3) is 0 Å². The molecule has 0 aromatic heterocycles. The second kappa shape index (κ2) is 8.74. The number of benzene rings is 1. The van der Waals surface area contributed by atoms with Crippen LogP contribution in [0.3, 0.4) is 0 Å². The highest BCUT2D eigenvalue weighted by atomic mass is 79.9. The van der Waals surface area contributed by atoms with E-state index in [-0.39, 0.29) is 53.4 Å². The van der Waals surface area contributed by atoms with Crippen molar-refractivity contribution >= 4 is 39.3 Å². The number of carbonyl (C=O) groups excluding carboxylic acids is 4. The quantitative estimate of drug-likeness (QED) is 0.360. The minimum Gasteiger partial charge on any atom is -0.491 e. The number of ketones is 2. The number of halogens is 1. The van der Waals surface area contributed by atoms with E-state index in [2.05, 4.69) is 15.9 Å². The van der Waals surface area contributed by atoms with Gasteiger partial charge in [-0.15, -0.1) is 0 Å². The Kier molecular flexibility index (Phi) is 5.90. The number of rotatable bonds is 5. The van der Waals surface area contributed by atoms with Crippen LogP contribution >= 0.6 is 15.9 Å². The monoisotopic (exact) mass is 525 g/mol. The molecular formula is C26H24BrNO6. The summed E-state index contributed by atoms with van der Waals surface area (Å²) in [6.07, 6.45) is 3.94. The zero-order valence-electron chi connectivity index (χ0n) is 18.6. The van der Waals surface area contributed by atoms with Gasteiger partial charge in [-0.25, -0.2) is 0 Å². The number of ether oxygens (including phenoxy) is 1. The molecule has 1 aromatic rings. The fourth-order valence-corrected chi connectivity index (χ4v) is 6.39. The molecule has 34 heavy (non-hydrogen) atoms. The van der Waals surface area contributed by atoms with Gasteiger partial charge in [0.05, 0.1) is 22.9 Å². The summed E-state index contributed by atoms with van der Waals surface area (Å²) in [5.74, 6) is -2.32. The van der Waals surface area contributed by atoms with E-state index in [4.69, 9.17) is 4.74 Å². The number of aliphatic hydroxyl groups excluding tert-OH is 1. The van der Waals surface area contributed by atoms with E-state index in [0.29, 0.717) is 35.4 Å². The van der Waals surface area contributed by atoms with E-state index >= 15 is 0 Å². The third kappa shape index (κ3) is 3.34. The molecule has 1 fully saturated rings. The van der Waals surface area contributed by atoms with Crippen molar-refractivity contribution < 1.29 is 29.0 Å². The normalized spacial score (nSPS) is 28.4. The van der Waals surface area contributed by atoms with E-state index in [0.717, 1.165) is 5.57 Å². The number of nitrogens with zero attached hydrogens (tertiary/aromatic N) is 1. The lowest BCUT2D eigenvalue weighted by atomic mass is 9.59. The smallest absolute Gasteiger partial charge is 0.233 e. The summed E-state index contributed by atoms with van der Waals surface area (Å²) in [5, 5.41) is 9.28. The Morgan fingerprint density at radius 3 is 2.62 bits per heavy atom. The fraction of sp³-hybridized carbons (Fsp3) is 0.385. The zero-order valence-corrected chi connectivity index (χ0v) is 20.2. The van der Waals surface area contributed by atoms with Gasteiger partial charge >= 0.3 is 0 Å². The number of para-hydroxylation sites is 1. The molecule has 2 amide bonds. The molecule has 176 valence electrons. The average Bonchev–Trinajstić information content (AvgIpc) is 3.09. The van der Waals surface area contributed by atoms with E-state index in [1.807, 2.05) is 18.2 Å². The number of allylic oxidation sites excluding steroid dienone is 6. The summed E-state index contributed by atoms with van der Waals surface area (Å²) in [6, 6.07) is 7.26. The predicted molar refractivity (Wildman–Crippen MR) is 126 cm³/mol. The van der Waals surface area contributed by atoms with Gasteiger partial charge in [-0.3, -0.25) is 24.1 Å². The van der Waals surface area contributed by atoms with Crippen molar-refractivity contribution in [3.8, 4) is 5.75 Å². The largest absolute Gasteiger partial charge is 0.491 e. The molecule has 4 unspecified atom stereocenters.